The standard InChI is InChI=1S/C15H18N4O/c1-19(10-12-5-2-4-11(8-12)9-16)15-13(14(17)20)6-3-7-18-15/h2-8H,9-10,16H2,1H3,(H2,17,20). The van der Waals surface area contributed by atoms with Crippen molar-refractivity contribution in [3.63, 3.8) is 0 Å². The molecule has 1 aromatic carbocycles. The average Bonchev–Trinajstić information content (AvgIpc) is 2.47. The SMILES string of the molecule is CN(Cc1cccc(CN)c1)c1ncccc1C(N)=O. The van der Waals surface area contributed by atoms with Gasteiger partial charge in [-0.3, -0.25) is 4.79 Å². The quantitative estimate of drug-likeness (QED) is 0.857. The molecule has 0 atom stereocenters. The highest BCUT2D eigenvalue weighted by atomic mass is 16.1. The van der Waals surface area contributed by atoms with Crippen LogP contribution >= 0.6 is 0 Å². The van der Waals surface area contributed by atoms with E-state index in [4.69, 9.17) is 11.5 Å². The topological polar surface area (TPSA) is 85.2 Å². The molecule has 1 amide bonds. The number of primary amides is 1. The van der Waals surface area contributed by atoms with Gasteiger partial charge in [-0.2, -0.15) is 0 Å². The first-order chi connectivity index (χ1) is 9.61. The van der Waals surface area contributed by atoms with Crippen LogP contribution in [-0.2, 0) is 13.1 Å². The van der Waals surface area contributed by atoms with Crippen molar-refractivity contribution >= 4 is 11.7 Å². The van der Waals surface area contributed by atoms with Gasteiger partial charge >= 0.3 is 0 Å². The van der Waals surface area contributed by atoms with Crippen molar-refractivity contribution in [2.24, 2.45) is 11.5 Å². The van der Waals surface area contributed by atoms with E-state index in [0.717, 1.165) is 11.1 Å². The maximum Gasteiger partial charge on any atom is 0.252 e. The Morgan fingerprint density at radius 2 is 2.00 bits per heavy atom. The molecule has 0 saturated carbocycles. The fourth-order valence-electron chi connectivity index (χ4n) is 2.10. The van der Waals surface area contributed by atoms with Crippen molar-refractivity contribution in [1.82, 2.24) is 4.98 Å². The van der Waals surface area contributed by atoms with Crippen molar-refractivity contribution in [2.45, 2.75) is 13.1 Å². The number of rotatable bonds is 5. The first-order valence-corrected chi connectivity index (χ1v) is 6.35. The Bertz CT molecular complexity index is 612. The predicted molar refractivity (Wildman–Crippen MR) is 79.2 cm³/mol. The summed E-state index contributed by atoms with van der Waals surface area (Å²) in [5.74, 6) is 0.105. The van der Waals surface area contributed by atoms with Gasteiger partial charge in [0.1, 0.15) is 5.82 Å². The first kappa shape index (κ1) is 14.0. The number of aromatic nitrogens is 1. The molecule has 1 heterocycles. The molecule has 4 N–H and O–H groups in total. The molecule has 0 bridgehead atoms. The van der Waals surface area contributed by atoms with Crippen molar-refractivity contribution in [3.05, 3.63) is 59.3 Å². The van der Waals surface area contributed by atoms with Crippen LogP contribution in [0.15, 0.2) is 42.6 Å². The average molecular weight is 270 g/mol. The maximum absolute atomic E-state index is 11.4. The summed E-state index contributed by atoms with van der Waals surface area (Å²) in [7, 11) is 1.88. The number of carbonyl (C=O) groups excluding carboxylic acids is 1. The molecule has 2 rings (SSSR count). The minimum atomic E-state index is -0.476. The number of hydrogen-bond donors (Lipinski definition) is 2. The summed E-state index contributed by atoms with van der Waals surface area (Å²) in [4.78, 5) is 17.6. The van der Waals surface area contributed by atoms with Gasteiger partial charge in [-0.05, 0) is 23.3 Å². The summed E-state index contributed by atoms with van der Waals surface area (Å²) < 4.78 is 0. The van der Waals surface area contributed by atoms with Gasteiger partial charge in [-0.1, -0.05) is 24.3 Å². The number of nitrogens with zero attached hydrogens (tertiary/aromatic N) is 2. The van der Waals surface area contributed by atoms with E-state index >= 15 is 0 Å². The Morgan fingerprint density at radius 3 is 2.70 bits per heavy atom. The van der Waals surface area contributed by atoms with Gasteiger partial charge in [0, 0.05) is 26.3 Å². The van der Waals surface area contributed by atoms with Gasteiger partial charge in [0.2, 0.25) is 0 Å². The van der Waals surface area contributed by atoms with E-state index in [-0.39, 0.29) is 0 Å². The lowest BCUT2D eigenvalue weighted by Crippen LogP contribution is -2.23. The highest BCUT2D eigenvalue weighted by molar-refractivity contribution is 5.97. The highest BCUT2D eigenvalue weighted by Gasteiger charge is 2.13. The molecule has 1 aromatic heterocycles. The van der Waals surface area contributed by atoms with Crippen LogP contribution in [0.25, 0.3) is 0 Å². The molecule has 0 radical (unpaired) electrons. The molecular formula is C15H18N4O. The molecular weight excluding hydrogens is 252 g/mol. The van der Waals surface area contributed by atoms with E-state index in [0.29, 0.717) is 24.5 Å². The molecule has 104 valence electrons. The summed E-state index contributed by atoms with van der Waals surface area (Å²) >= 11 is 0. The molecule has 0 aliphatic heterocycles. The number of benzene rings is 1. The molecule has 5 nitrogen and oxygen atoms in total. The van der Waals surface area contributed by atoms with Crippen LogP contribution in [0.3, 0.4) is 0 Å². The number of amides is 1. The minimum Gasteiger partial charge on any atom is -0.365 e. The smallest absolute Gasteiger partial charge is 0.252 e. The first-order valence-electron chi connectivity index (χ1n) is 6.35. The van der Waals surface area contributed by atoms with Crippen LogP contribution in [0.2, 0.25) is 0 Å². The Kier molecular flexibility index (Phi) is 4.32. The normalized spacial score (nSPS) is 10.3. The van der Waals surface area contributed by atoms with Crippen LogP contribution in [0.4, 0.5) is 5.82 Å². The molecule has 0 aliphatic carbocycles. The van der Waals surface area contributed by atoms with Crippen LogP contribution < -0.4 is 16.4 Å². The van der Waals surface area contributed by atoms with Crippen molar-refractivity contribution in [3.8, 4) is 0 Å². The Morgan fingerprint density at radius 1 is 1.25 bits per heavy atom. The summed E-state index contributed by atoms with van der Waals surface area (Å²) in [6.45, 7) is 1.14. The monoisotopic (exact) mass is 270 g/mol. The van der Waals surface area contributed by atoms with Gasteiger partial charge < -0.3 is 16.4 Å². The minimum absolute atomic E-state index is 0.421. The molecule has 0 aliphatic rings. The van der Waals surface area contributed by atoms with E-state index in [1.54, 1.807) is 18.3 Å². The molecule has 0 spiro atoms. The highest BCUT2D eigenvalue weighted by Crippen LogP contribution is 2.18. The van der Waals surface area contributed by atoms with Gasteiger partial charge in [0.15, 0.2) is 0 Å². The van der Waals surface area contributed by atoms with E-state index in [2.05, 4.69) is 4.98 Å². The fraction of sp³-hybridized carbons (Fsp3) is 0.200. The third-order valence-electron chi connectivity index (χ3n) is 3.06. The number of hydrogen-bond acceptors (Lipinski definition) is 4. The molecule has 0 unspecified atom stereocenters. The molecule has 0 fully saturated rings. The lowest BCUT2D eigenvalue weighted by molar-refractivity contribution is 0.100. The zero-order valence-electron chi connectivity index (χ0n) is 11.4. The van der Waals surface area contributed by atoms with E-state index in [1.165, 1.54) is 0 Å². The van der Waals surface area contributed by atoms with Gasteiger partial charge in [0.05, 0.1) is 5.56 Å². The predicted octanol–water partition coefficient (Wildman–Crippen LogP) is 1.28. The fourth-order valence-corrected chi connectivity index (χ4v) is 2.10. The third kappa shape index (κ3) is 3.13. The Hall–Kier alpha value is -2.40. The van der Waals surface area contributed by atoms with E-state index in [1.807, 2.05) is 36.2 Å². The third-order valence-corrected chi connectivity index (χ3v) is 3.06. The summed E-state index contributed by atoms with van der Waals surface area (Å²) in [5.41, 5.74) is 13.6. The Labute approximate surface area is 118 Å². The van der Waals surface area contributed by atoms with Crippen molar-refractivity contribution in [2.75, 3.05) is 11.9 Å². The summed E-state index contributed by atoms with van der Waals surface area (Å²) in [5, 5.41) is 0. The second-order valence-corrected chi connectivity index (χ2v) is 4.62. The summed E-state index contributed by atoms with van der Waals surface area (Å²) in [6.07, 6.45) is 1.65. The van der Waals surface area contributed by atoms with Crippen LogP contribution in [0, 0.1) is 0 Å². The molecule has 20 heavy (non-hydrogen) atoms. The zero-order chi connectivity index (χ0) is 14.5. The summed E-state index contributed by atoms with van der Waals surface area (Å²) in [6, 6.07) is 11.4. The van der Waals surface area contributed by atoms with E-state index < -0.39 is 5.91 Å². The number of nitrogens with two attached hydrogens (primary N) is 2. The number of pyridine rings is 1. The molecule has 2 aromatic rings. The van der Waals surface area contributed by atoms with Gasteiger partial charge in [-0.25, -0.2) is 4.98 Å². The van der Waals surface area contributed by atoms with Crippen LogP contribution in [-0.4, -0.2) is 17.9 Å². The molecule has 5 heteroatoms. The maximum atomic E-state index is 11.4. The largest absolute Gasteiger partial charge is 0.365 e. The zero-order valence-corrected chi connectivity index (χ0v) is 11.4. The molecule has 0 saturated heterocycles. The van der Waals surface area contributed by atoms with Crippen molar-refractivity contribution < 1.29 is 4.79 Å². The van der Waals surface area contributed by atoms with Gasteiger partial charge in [0.25, 0.3) is 5.91 Å². The lowest BCUT2D eigenvalue weighted by atomic mass is 10.1. The number of anilines is 1. The van der Waals surface area contributed by atoms with Gasteiger partial charge in [-0.15, -0.1) is 0 Å². The second kappa shape index (κ2) is 6.16. The van der Waals surface area contributed by atoms with Crippen molar-refractivity contribution in [1.29, 1.82) is 0 Å². The lowest BCUT2D eigenvalue weighted by Gasteiger charge is -2.20. The van der Waals surface area contributed by atoms with Crippen LogP contribution in [0.5, 0.6) is 0 Å². The van der Waals surface area contributed by atoms with Crippen LogP contribution in [0.1, 0.15) is 21.5 Å². The van der Waals surface area contributed by atoms with E-state index in [9.17, 15) is 4.79 Å². The number of carbonyl (C=O) groups is 1. The second-order valence-electron chi connectivity index (χ2n) is 4.62. The Balaban J connectivity index is 2.23.